The van der Waals surface area contributed by atoms with Crippen molar-refractivity contribution in [1.29, 1.82) is 0 Å². The Morgan fingerprint density at radius 2 is 1.45 bits per heavy atom. The van der Waals surface area contributed by atoms with Gasteiger partial charge < -0.3 is 15.5 Å². The minimum atomic E-state index is -0.296. The molecule has 2 aromatic rings. The van der Waals surface area contributed by atoms with Crippen molar-refractivity contribution in [2.24, 2.45) is 0 Å². The van der Waals surface area contributed by atoms with Crippen LogP contribution in [0.5, 0.6) is 0 Å². The smallest absolute Gasteiger partial charge is 0.399 e. The molecule has 3 rings (SSSR count). The molecule has 3 nitrogen and oxygen atoms in total. The zero-order valence-electron chi connectivity index (χ0n) is 14.5. The highest BCUT2D eigenvalue weighted by atomic mass is 16.7. The van der Waals surface area contributed by atoms with Gasteiger partial charge in [-0.25, -0.2) is 0 Å². The molecule has 0 spiro atoms. The van der Waals surface area contributed by atoms with Gasteiger partial charge in [-0.05, 0) is 68.9 Å². The van der Waals surface area contributed by atoms with Crippen LogP contribution in [0.2, 0.25) is 0 Å². The van der Waals surface area contributed by atoms with Gasteiger partial charge in [0.1, 0.15) is 0 Å². The highest BCUT2D eigenvalue weighted by Crippen LogP contribution is 2.36. The van der Waals surface area contributed by atoms with E-state index in [1.807, 2.05) is 0 Å². The van der Waals surface area contributed by atoms with E-state index in [4.69, 9.17) is 9.31 Å². The van der Waals surface area contributed by atoms with Crippen LogP contribution >= 0.6 is 0 Å². The maximum absolute atomic E-state index is 6.13. The standard InChI is InChI=1S/C18H23BO2.H3N/c1-12-7-8-14-11-15(9-10-16(14)13(12)2)19-20-17(3,4)18(5,6)21-19;/h7-11H,1-6H3;1H3. The van der Waals surface area contributed by atoms with Gasteiger partial charge in [-0.3, -0.25) is 0 Å². The summed E-state index contributed by atoms with van der Waals surface area (Å²) in [7, 11) is -0.291. The van der Waals surface area contributed by atoms with E-state index < -0.39 is 0 Å². The van der Waals surface area contributed by atoms with Crippen molar-refractivity contribution < 1.29 is 9.31 Å². The second-order valence-electron chi connectivity index (χ2n) is 7.08. The molecule has 1 fully saturated rings. The molecule has 22 heavy (non-hydrogen) atoms. The van der Waals surface area contributed by atoms with Crippen LogP contribution in [0.25, 0.3) is 10.8 Å². The third kappa shape index (κ3) is 2.56. The first-order valence-corrected chi connectivity index (χ1v) is 7.57. The molecular weight excluding hydrogens is 273 g/mol. The van der Waals surface area contributed by atoms with Crippen LogP contribution in [0.4, 0.5) is 0 Å². The number of aryl methyl sites for hydroxylation is 2. The summed E-state index contributed by atoms with van der Waals surface area (Å²) >= 11 is 0. The Labute approximate surface area is 133 Å². The first kappa shape index (κ1) is 17.0. The van der Waals surface area contributed by atoms with Crippen molar-refractivity contribution in [3.63, 3.8) is 0 Å². The molecule has 0 unspecified atom stereocenters. The van der Waals surface area contributed by atoms with E-state index in [0.717, 1.165) is 5.46 Å². The molecule has 3 N–H and O–H groups in total. The number of benzene rings is 2. The van der Waals surface area contributed by atoms with Crippen LogP contribution in [0.15, 0.2) is 30.3 Å². The molecule has 118 valence electrons. The second kappa shape index (κ2) is 5.37. The van der Waals surface area contributed by atoms with E-state index in [9.17, 15) is 0 Å². The molecule has 1 saturated heterocycles. The molecule has 2 aromatic carbocycles. The van der Waals surface area contributed by atoms with Crippen molar-refractivity contribution in [2.45, 2.75) is 52.7 Å². The third-order valence-corrected chi connectivity index (χ3v) is 5.11. The van der Waals surface area contributed by atoms with Crippen LogP contribution < -0.4 is 11.6 Å². The summed E-state index contributed by atoms with van der Waals surface area (Å²) in [4.78, 5) is 0. The van der Waals surface area contributed by atoms with Gasteiger partial charge in [-0.2, -0.15) is 0 Å². The highest BCUT2D eigenvalue weighted by molar-refractivity contribution is 6.62. The maximum atomic E-state index is 6.13. The monoisotopic (exact) mass is 299 g/mol. The molecule has 4 heteroatoms. The van der Waals surface area contributed by atoms with Gasteiger partial charge in [0.25, 0.3) is 0 Å². The minimum absolute atomic E-state index is 0. The Bertz CT molecular complexity index is 694. The van der Waals surface area contributed by atoms with Gasteiger partial charge in [0.2, 0.25) is 0 Å². The average molecular weight is 299 g/mol. The predicted octanol–water partition coefficient (Wildman–Crippen LogP) is 3.92. The highest BCUT2D eigenvalue weighted by Gasteiger charge is 2.51. The Morgan fingerprint density at radius 3 is 2.05 bits per heavy atom. The maximum Gasteiger partial charge on any atom is 0.494 e. The van der Waals surface area contributed by atoms with E-state index in [0.29, 0.717) is 0 Å². The third-order valence-electron chi connectivity index (χ3n) is 5.11. The Hall–Kier alpha value is -1.36. The fourth-order valence-electron chi connectivity index (χ4n) is 2.74. The van der Waals surface area contributed by atoms with Crippen LogP contribution in [0.1, 0.15) is 38.8 Å². The summed E-state index contributed by atoms with van der Waals surface area (Å²) in [5.41, 5.74) is 3.16. The van der Waals surface area contributed by atoms with Gasteiger partial charge in [0, 0.05) is 0 Å². The molecule has 1 aliphatic heterocycles. The molecule has 0 aromatic heterocycles. The van der Waals surface area contributed by atoms with Crippen LogP contribution in [0.3, 0.4) is 0 Å². The van der Waals surface area contributed by atoms with Crippen molar-refractivity contribution in [2.75, 3.05) is 0 Å². The molecule has 1 heterocycles. The van der Waals surface area contributed by atoms with Crippen molar-refractivity contribution in [3.05, 3.63) is 41.5 Å². The quantitative estimate of drug-likeness (QED) is 0.812. The number of hydrogen-bond acceptors (Lipinski definition) is 3. The van der Waals surface area contributed by atoms with Gasteiger partial charge in [-0.15, -0.1) is 0 Å². The zero-order valence-corrected chi connectivity index (χ0v) is 14.5. The molecule has 0 saturated carbocycles. The lowest BCUT2D eigenvalue weighted by atomic mass is 9.78. The zero-order chi connectivity index (χ0) is 15.4. The second-order valence-corrected chi connectivity index (χ2v) is 7.08. The first-order chi connectivity index (χ1) is 9.71. The summed E-state index contributed by atoms with van der Waals surface area (Å²) in [6.07, 6.45) is 0. The van der Waals surface area contributed by atoms with Gasteiger partial charge in [0.05, 0.1) is 11.2 Å². The lowest BCUT2D eigenvalue weighted by Crippen LogP contribution is -2.41. The van der Waals surface area contributed by atoms with Gasteiger partial charge in [-0.1, -0.05) is 30.3 Å². The normalized spacial score (nSPS) is 19.3. The lowest BCUT2D eigenvalue weighted by Gasteiger charge is -2.32. The topological polar surface area (TPSA) is 53.5 Å². The molecular formula is C18H26BNO2. The minimum Gasteiger partial charge on any atom is -0.399 e. The van der Waals surface area contributed by atoms with Crippen LogP contribution in [-0.2, 0) is 9.31 Å². The summed E-state index contributed by atoms with van der Waals surface area (Å²) in [5.74, 6) is 0. The Morgan fingerprint density at radius 1 is 0.864 bits per heavy atom. The summed E-state index contributed by atoms with van der Waals surface area (Å²) in [6.45, 7) is 12.7. The predicted molar refractivity (Wildman–Crippen MR) is 94.2 cm³/mol. The molecule has 0 bridgehead atoms. The number of rotatable bonds is 1. The summed E-state index contributed by atoms with van der Waals surface area (Å²) in [6, 6.07) is 10.8. The van der Waals surface area contributed by atoms with E-state index in [1.54, 1.807) is 0 Å². The molecule has 0 amide bonds. The van der Waals surface area contributed by atoms with E-state index >= 15 is 0 Å². The van der Waals surface area contributed by atoms with Crippen LogP contribution in [0, 0.1) is 13.8 Å². The Kier molecular flexibility index (Phi) is 4.15. The van der Waals surface area contributed by atoms with Crippen molar-refractivity contribution in [1.82, 2.24) is 6.15 Å². The molecule has 0 aliphatic carbocycles. The van der Waals surface area contributed by atoms with Gasteiger partial charge in [0.15, 0.2) is 0 Å². The fraction of sp³-hybridized carbons (Fsp3) is 0.444. The largest absolute Gasteiger partial charge is 0.494 e. The summed E-state index contributed by atoms with van der Waals surface area (Å²) in [5, 5.41) is 2.54. The van der Waals surface area contributed by atoms with E-state index in [-0.39, 0.29) is 24.5 Å². The molecule has 1 aliphatic rings. The Balaban J connectivity index is 0.00000176. The average Bonchev–Trinajstić information content (AvgIpc) is 2.63. The fourth-order valence-corrected chi connectivity index (χ4v) is 2.74. The lowest BCUT2D eigenvalue weighted by molar-refractivity contribution is 0.00578. The molecule has 0 atom stereocenters. The number of fused-ring (bicyclic) bond motifs is 1. The van der Waals surface area contributed by atoms with Crippen molar-refractivity contribution in [3.8, 4) is 0 Å². The SMILES string of the molecule is Cc1ccc2cc(B3OC(C)(C)C(C)(C)O3)ccc2c1C.N. The molecule has 0 radical (unpaired) electrons. The van der Waals surface area contributed by atoms with Crippen LogP contribution in [-0.4, -0.2) is 18.3 Å². The first-order valence-electron chi connectivity index (χ1n) is 7.57. The van der Waals surface area contributed by atoms with E-state index in [1.165, 1.54) is 21.9 Å². The summed E-state index contributed by atoms with van der Waals surface area (Å²) < 4.78 is 12.3. The van der Waals surface area contributed by atoms with E-state index in [2.05, 4.69) is 71.9 Å². The van der Waals surface area contributed by atoms with Gasteiger partial charge >= 0.3 is 7.12 Å². The number of hydrogen-bond donors (Lipinski definition) is 1. The van der Waals surface area contributed by atoms with Crippen molar-refractivity contribution >= 4 is 23.4 Å².